The highest BCUT2D eigenvalue weighted by atomic mass is 19.1. The van der Waals surface area contributed by atoms with Crippen LogP contribution < -0.4 is 5.32 Å². The molecule has 0 saturated heterocycles. The number of rotatable bonds is 5. The molecule has 1 aromatic rings. The van der Waals surface area contributed by atoms with Crippen molar-refractivity contribution < 1.29 is 4.39 Å². The van der Waals surface area contributed by atoms with Crippen molar-refractivity contribution >= 4 is 0 Å². The molecule has 1 N–H and O–H groups in total. The lowest BCUT2D eigenvalue weighted by atomic mass is 9.92. The second kappa shape index (κ2) is 6.15. The van der Waals surface area contributed by atoms with Gasteiger partial charge >= 0.3 is 0 Å². The number of hydrogen-bond donors (Lipinski definition) is 1. The molecule has 1 aromatic carbocycles. The molecule has 1 nitrogen and oxygen atoms in total. The van der Waals surface area contributed by atoms with E-state index in [2.05, 4.69) is 12.4 Å². The third kappa shape index (κ3) is 3.53. The van der Waals surface area contributed by atoms with Gasteiger partial charge in [-0.15, -0.1) is 0 Å². The highest BCUT2D eigenvalue weighted by Crippen LogP contribution is 2.29. The van der Waals surface area contributed by atoms with E-state index in [0.29, 0.717) is 6.04 Å². The predicted octanol–water partition coefficient (Wildman–Crippen LogP) is 3.54. The van der Waals surface area contributed by atoms with E-state index in [-0.39, 0.29) is 5.82 Å². The minimum atomic E-state index is -0.144. The maximum Gasteiger partial charge on any atom is 0.123 e. The second-order valence-electron chi connectivity index (χ2n) is 5.10. The van der Waals surface area contributed by atoms with Crippen LogP contribution in [-0.4, -0.2) is 13.1 Å². The van der Waals surface area contributed by atoms with Crippen LogP contribution in [0, 0.1) is 11.7 Å². The molecule has 0 heterocycles. The molecule has 17 heavy (non-hydrogen) atoms. The van der Waals surface area contributed by atoms with Gasteiger partial charge in [-0.05, 0) is 56.3 Å². The largest absolute Gasteiger partial charge is 0.317 e. The first-order valence-corrected chi connectivity index (χ1v) is 6.71. The van der Waals surface area contributed by atoms with E-state index >= 15 is 0 Å². The van der Waals surface area contributed by atoms with E-state index in [1.54, 1.807) is 12.1 Å². The Labute approximate surface area is 103 Å². The molecule has 0 radical (unpaired) electrons. The lowest BCUT2D eigenvalue weighted by molar-refractivity contribution is 0.360. The first-order chi connectivity index (χ1) is 8.29. The van der Waals surface area contributed by atoms with E-state index in [1.165, 1.54) is 31.2 Å². The summed E-state index contributed by atoms with van der Waals surface area (Å²) in [4.78, 5) is 0. The van der Waals surface area contributed by atoms with Gasteiger partial charge in [0.05, 0.1) is 0 Å². The summed E-state index contributed by atoms with van der Waals surface area (Å²) < 4.78 is 12.8. The molecule has 1 unspecified atom stereocenters. The second-order valence-corrected chi connectivity index (χ2v) is 5.10. The minimum Gasteiger partial charge on any atom is -0.317 e. The Morgan fingerprint density at radius 2 is 1.88 bits per heavy atom. The summed E-state index contributed by atoms with van der Waals surface area (Å²) in [5, 5.41) is 3.45. The summed E-state index contributed by atoms with van der Waals surface area (Å²) in [6.07, 6.45) is 7.72. The molecule has 1 saturated carbocycles. The van der Waals surface area contributed by atoms with Gasteiger partial charge < -0.3 is 5.32 Å². The molecular formula is C15H22FN. The van der Waals surface area contributed by atoms with Crippen LogP contribution >= 0.6 is 0 Å². The molecule has 1 atom stereocenters. The maximum atomic E-state index is 12.8. The van der Waals surface area contributed by atoms with E-state index in [4.69, 9.17) is 0 Å². The molecule has 0 aliphatic heterocycles. The van der Waals surface area contributed by atoms with Gasteiger partial charge in [0, 0.05) is 6.04 Å². The Balaban J connectivity index is 1.84. The Hall–Kier alpha value is -0.890. The minimum absolute atomic E-state index is 0.144. The number of benzene rings is 1. The summed E-state index contributed by atoms with van der Waals surface area (Å²) in [5.74, 6) is 0.704. The first kappa shape index (κ1) is 12.6. The van der Waals surface area contributed by atoms with Gasteiger partial charge in [0.2, 0.25) is 0 Å². The van der Waals surface area contributed by atoms with Gasteiger partial charge in [-0.25, -0.2) is 4.39 Å². The fraction of sp³-hybridized carbons (Fsp3) is 0.600. The van der Waals surface area contributed by atoms with Crippen molar-refractivity contribution in [3.63, 3.8) is 0 Å². The lowest BCUT2D eigenvalue weighted by Crippen LogP contribution is -2.32. The first-order valence-electron chi connectivity index (χ1n) is 6.71. The fourth-order valence-electron chi connectivity index (χ4n) is 2.95. The van der Waals surface area contributed by atoms with Crippen LogP contribution in [0.25, 0.3) is 0 Å². The van der Waals surface area contributed by atoms with Gasteiger partial charge in [0.25, 0.3) is 0 Å². The Morgan fingerprint density at radius 1 is 1.24 bits per heavy atom. The molecule has 1 fully saturated rings. The van der Waals surface area contributed by atoms with Crippen molar-refractivity contribution in [2.45, 2.75) is 44.6 Å². The maximum absolute atomic E-state index is 12.8. The van der Waals surface area contributed by atoms with E-state index < -0.39 is 0 Å². The summed E-state index contributed by atoms with van der Waals surface area (Å²) in [7, 11) is 2.06. The zero-order valence-electron chi connectivity index (χ0n) is 10.6. The number of halogens is 1. The molecule has 0 bridgehead atoms. The highest BCUT2D eigenvalue weighted by molar-refractivity contribution is 5.16. The Kier molecular flexibility index (Phi) is 4.55. The average Bonchev–Trinajstić information content (AvgIpc) is 2.86. The molecule has 0 spiro atoms. The van der Waals surface area contributed by atoms with Crippen molar-refractivity contribution in [3.05, 3.63) is 35.6 Å². The molecule has 2 rings (SSSR count). The van der Waals surface area contributed by atoms with Gasteiger partial charge in [-0.3, -0.25) is 0 Å². The van der Waals surface area contributed by atoms with Crippen molar-refractivity contribution in [2.24, 2.45) is 5.92 Å². The van der Waals surface area contributed by atoms with E-state index in [0.717, 1.165) is 18.8 Å². The zero-order chi connectivity index (χ0) is 12.1. The topological polar surface area (TPSA) is 12.0 Å². The molecule has 2 heteroatoms. The Bertz CT molecular complexity index is 327. The summed E-state index contributed by atoms with van der Waals surface area (Å²) in [5.41, 5.74) is 1.24. The van der Waals surface area contributed by atoms with Crippen LogP contribution in [0.3, 0.4) is 0 Å². The highest BCUT2D eigenvalue weighted by Gasteiger charge is 2.23. The Morgan fingerprint density at radius 3 is 2.47 bits per heavy atom. The quantitative estimate of drug-likeness (QED) is 0.823. The van der Waals surface area contributed by atoms with Crippen LogP contribution in [0.2, 0.25) is 0 Å². The van der Waals surface area contributed by atoms with Gasteiger partial charge in [0.15, 0.2) is 0 Å². The van der Waals surface area contributed by atoms with Gasteiger partial charge in [0.1, 0.15) is 5.82 Å². The molecule has 0 amide bonds. The monoisotopic (exact) mass is 235 g/mol. The van der Waals surface area contributed by atoms with Crippen molar-refractivity contribution in [1.82, 2.24) is 5.32 Å². The molecule has 1 aliphatic carbocycles. The standard InChI is InChI=1S/C15H22FN/c1-17-15(13-4-2-3-5-13)11-8-12-6-9-14(16)10-7-12/h6-7,9-10,13,15,17H,2-5,8,11H2,1H3. The summed E-state index contributed by atoms with van der Waals surface area (Å²) in [6, 6.07) is 7.54. The normalized spacial score (nSPS) is 18.5. The van der Waals surface area contributed by atoms with Crippen LogP contribution in [0.15, 0.2) is 24.3 Å². The van der Waals surface area contributed by atoms with Crippen LogP contribution in [-0.2, 0) is 6.42 Å². The molecule has 1 aliphatic rings. The summed E-state index contributed by atoms with van der Waals surface area (Å²) >= 11 is 0. The molecular weight excluding hydrogens is 213 g/mol. The van der Waals surface area contributed by atoms with Crippen LogP contribution in [0.1, 0.15) is 37.7 Å². The zero-order valence-corrected chi connectivity index (χ0v) is 10.6. The molecule has 94 valence electrons. The third-order valence-electron chi connectivity index (χ3n) is 4.00. The predicted molar refractivity (Wildman–Crippen MR) is 69.5 cm³/mol. The summed E-state index contributed by atoms with van der Waals surface area (Å²) in [6.45, 7) is 0. The van der Waals surface area contributed by atoms with E-state index in [1.807, 2.05) is 12.1 Å². The third-order valence-corrected chi connectivity index (χ3v) is 4.00. The molecule has 0 aromatic heterocycles. The number of nitrogens with one attached hydrogen (secondary N) is 1. The van der Waals surface area contributed by atoms with Crippen LogP contribution in [0.4, 0.5) is 4.39 Å². The lowest BCUT2D eigenvalue weighted by Gasteiger charge is -2.22. The number of hydrogen-bond acceptors (Lipinski definition) is 1. The van der Waals surface area contributed by atoms with Crippen LogP contribution in [0.5, 0.6) is 0 Å². The van der Waals surface area contributed by atoms with Crippen molar-refractivity contribution in [1.29, 1.82) is 0 Å². The smallest absolute Gasteiger partial charge is 0.123 e. The fourth-order valence-corrected chi connectivity index (χ4v) is 2.95. The average molecular weight is 235 g/mol. The van der Waals surface area contributed by atoms with Crippen molar-refractivity contribution in [2.75, 3.05) is 7.05 Å². The number of aryl methyl sites for hydroxylation is 1. The van der Waals surface area contributed by atoms with Gasteiger partial charge in [-0.2, -0.15) is 0 Å². The SMILES string of the molecule is CNC(CCc1ccc(F)cc1)C1CCCC1. The van der Waals surface area contributed by atoms with E-state index in [9.17, 15) is 4.39 Å². The van der Waals surface area contributed by atoms with Gasteiger partial charge in [-0.1, -0.05) is 25.0 Å². The van der Waals surface area contributed by atoms with Crippen molar-refractivity contribution in [3.8, 4) is 0 Å².